The molecule has 1 atom stereocenters. The first kappa shape index (κ1) is 16.9. The van der Waals surface area contributed by atoms with Crippen LogP contribution in [0.25, 0.3) is 0 Å². The number of carboxylic acids is 1. The fourth-order valence-corrected chi connectivity index (χ4v) is 1.68. The van der Waals surface area contributed by atoms with Crippen molar-refractivity contribution in [2.45, 2.75) is 51.7 Å². The summed E-state index contributed by atoms with van der Waals surface area (Å²) in [6.45, 7) is 5.16. The molecule has 0 spiro atoms. The first-order valence-electron chi connectivity index (χ1n) is 6.74. The number of nitrogens with zero attached hydrogens (tertiary/aromatic N) is 2. The summed E-state index contributed by atoms with van der Waals surface area (Å²) >= 11 is 0. The molecular weight excluding hydrogens is 274 g/mol. The monoisotopic (exact) mass is 295 g/mol. The molecule has 0 aliphatic heterocycles. The summed E-state index contributed by atoms with van der Waals surface area (Å²) < 4.78 is 5.05. The van der Waals surface area contributed by atoms with Crippen LogP contribution in [0.2, 0.25) is 0 Å². The third-order valence-electron chi connectivity index (χ3n) is 2.56. The fourth-order valence-electron chi connectivity index (χ4n) is 1.68. The highest BCUT2D eigenvalue weighted by Gasteiger charge is 2.23. The van der Waals surface area contributed by atoms with E-state index in [2.05, 4.69) is 15.3 Å². The smallest absolute Gasteiger partial charge is 0.408 e. The number of nitrogens with one attached hydrogen (secondary N) is 1. The highest BCUT2D eigenvalue weighted by Crippen LogP contribution is 2.09. The minimum absolute atomic E-state index is 0.309. The largest absolute Gasteiger partial charge is 0.480 e. The van der Waals surface area contributed by atoms with Crippen molar-refractivity contribution in [2.24, 2.45) is 0 Å². The molecule has 0 aromatic carbocycles. The number of carbonyl (C=O) groups is 2. The standard InChI is InChI=1S/C14H21N3O4/c1-14(2,3)21-13(20)17-11(12(18)19)6-4-5-10-7-15-9-16-8-10/h7-9,11H,4-6H2,1-3H3,(H,17,20)(H,18,19). The van der Waals surface area contributed by atoms with Crippen LogP contribution < -0.4 is 5.32 Å². The van der Waals surface area contributed by atoms with Crippen LogP contribution in [0.5, 0.6) is 0 Å². The highest BCUT2D eigenvalue weighted by molar-refractivity contribution is 5.79. The average Bonchev–Trinajstić information content (AvgIpc) is 2.36. The Hall–Kier alpha value is -2.18. The van der Waals surface area contributed by atoms with Crippen molar-refractivity contribution in [1.82, 2.24) is 15.3 Å². The molecular formula is C14H21N3O4. The van der Waals surface area contributed by atoms with E-state index < -0.39 is 23.7 Å². The SMILES string of the molecule is CC(C)(C)OC(=O)NC(CCCc1cncnc1)C(=O)O. The van der Waals surface area contributed by atoms with E-state index in [0.717, 1.165) is 5.56 Å². The number of carboxylic acid groups (broad SMARTS) is 1. The molecule has 7 heteroatoms. The molecule has 0 saturated carbocycles. The Morgan fingerprint density at radius 3 is 2.48 bits per heavy atom. The zero-order valence-electron chi connectivity index (χ0n) is 12.5. The van der Waals surface area contributed by atoms with E-state index in [9.17, 15) is 9.59 Å². The molecule has 2 N–H and O–H groups in total. The predicted octanol–water partition coefficient (Wildman–Crippen LogP) is 1.78. The maximum Gasteiger partial charge on any atom is 0.408 e. The molecule has 21 heavy (non-hydrogen) atoms. The van der Waals surface area contributed by atoms with Crippen molar-refractivity contribution in [3.05, 3.63) is 24.3 Å². The van der Waals surface area contributed by atoms with Gasteiger partial charge in [0.15, 0.2) is 0 Å². The Morgan fingerprint density at radius 1 is 1.33 bits per heavy atom. The van der Waals surface area contributed by atoms with E-state index in [0.29, 0.717) is 19.3 Å². The number of hydrogen-bond acceptors (Lipinski definition) is 5. The van der Waals surface area contributed by atoms with Gasteiger partial charge in [-0.1, -0.05) is 0 Å². The van der Waals surface area contributed by atoms with Gasteiger partial charge in [0.05, 0.1) is 0 Å². The van der Waals surface area contributed by atoms with Crippen LogP contribution in [0.1, 0.15) is 39.2 Å². The third-order valence-corrected chi connectivity index (χ3v) is 2.56. The van der Waals surface area contributed by atoms with Gasteiger partial charge in [-0.05, 0) is 45.6 Å². The molecule has 1 unspecified atom stereocenters. The first-order chi connectivity index (χ1) is 9.78. The lowest BCUT2D eigenvalue weighted by Crippen LogP contribution is -2.43. The molecule has 1 aromatic heterocycles. The number of ether oxygens (including phenoxy) is 1. The average molecular weight is 295 g/mol. The number of alkyl carbamates (subject to hydrolysis) is 1. The Kier molecular flexibility index (Phi) is 6.08. The van der Waals surface area contributed by atoms with Gasteiger partial charge < -0.3 is 15.2 Å². The predicted molar refractivity (Wildman–Crippen MR) is 75.8 cm³/mol. The number of hydrogen-bond donors (Lipinski definition) is 2. The van der Waals surface area contributed by atoms with E-state index in [1.165, 1.54) is 6.33 Å². The lowest BCUT2D eigenvalue weighted by molar-refractivity contribution is -0.139. The van der Waals surface area contributed by atoms with Crippen LogP contribution in [0, 0.1) is 0 Å². The van der Waals surface area contributed by atoms with E-state index in [-0.39, 0.29) is 0 Å². The van der Waals surface area contributed by atoms with Gasteiger partial charge in [-0.2, -0.15) is 0 Å². The quantitative estimate of drug-likeness (QED) is 0.829. The number of aliphatic carboxylic acids is 1. The fraction of sp³-hybridized carbons (Fsp3) is 0.571. The van der Waals surface area contributed by atoms with Crippen molar-refractivity contribution in [2.75, 3.05) is 0 Å². The van der Waals surface area contributed by atoms with Crippen molar-refractivity contribution in [3.63, 3.8) is 0 Å². The second-order valence-electron chi connectivity index (χ2n) is 5.68. The summed E-state index contributed by atoms with van der Waals surface area (Å²) in [5.74, 6) is -1.08. The van der Waals surface area contributed by atoms with E-state index in [1.807, 2.05) is 0 Å². The Bertz CT molecular complexity index is 471. The summed E-state index contributed by atoms with van der Waals surface area (Å²) in [4.78, 5) is 30.5. The van der Waals surface area contributed by atoms with Crippen LogP contribution in [0.15, 0.2) is 18.7 Å². The molecule has 7 nitrogen and oxygen atoms in total. The topological polar surface area (TPSA) is 101 Å². The lowest BCUT2D eigenvalue weighted by atomic mass is 10.1. The van der Waals surface area contributed by atoms with Gasteiger partial charge in [0.1, 0.15) is 18.0 Å². The molecule has 0 aliphatic carbocycles. The molecule has 0 aliphatic rings. The summed E-state index contributed by atoms with van der Waals surface area (Å²) in [5, 5.41) is 11.5. The summed E-state index contributed by atoms with van der Waals surface area (Å²) in [6.07, 6.45) is 5.64. The van der Waals surface area contributed by atoms with Crippen LogP contribution >= 0.6 is 0 Å². The number of aryl methyl sites for hydroxylation is 1. The van der Waals surface area contributed by atoms with Gasteiger partial charge in [-0.15, -0.1) is 0 Å². The number of amides is 1. The third kappa shape index (κ3) is 7.24. The van der Waals surface area contributed by atoms with Gasteiger partial charge >= 0.3 is 12.1 Å². The van der Waals surface area contributed by atoms with Gasteiger partial charge in [0, 0.05) is 12.4 Å². The van der Waals surface area contributed by atoms with Crippen LogP contribution in [0.4, 0.5) is 4.79 Å². The highest BCUT2D eigenvalue weighted by atomic mass is 16.6. The Labute approximate surface area is 123 Å². The zero-order valence-corrected chi connectivity index (χ0v) is 12.5. The van der Waals surface area contributed by atoms with Gasteiger partial charge in [-0.3, -0.25) is 0 Å². The van der Waals surface area contributed by atoms with Crippen molar-refractivity contribution < 1.29 is 19.4 Å². The molecule has 0 radical (unpaired) electrons. The first-order valence-corrected chi connectivity index (χ1v) is 6.74. The van der Waals surface area contributed by atoms with Crippen LogP contribution in [0.3, 0.4) is 0 Å². The van der Waals surface area contributed by atoms with Gasteiger partial charge in [0.25, 0.3) is 0 Å². The van der Waals surface area contributed by atoms with Gasteiger partial charge in [0.2, 0.25) is 0 Å². The summed E-state index contributed by atoms with van der Waals surface area (Å²) in [5.41, 5.74) is 0.271. The normalized spacial score (nSPS) is 12.5. The van der Waals surface area contributed by atoms with E-state index in [4.69, 9.17) is 9.84 Å². The Balaban J connectivity index is 2.43. The minimum atomic E-state index is -1.08. The van der Waals surface area contributed by atoms with E-state index in [1.54, 1.807) is 33.2 Å². The summed E-state index contributed by atoms with van der Waals surface area (Å²) in [7, 11) is 0. The number of rotatable bonds is 6. The van der Waals surface area contributed by atoms with Crippen LogP contribution in [-0.4, -0.2) is 38.8 Å². The molecule has 0 saturated heterocycles. The van der Waals surface area contributed by atoms with Crippen molar-refractivity contribution in [1.29, 1.82) is 0 Å². The van der Waals surface area contributed by atoms with Crippen molar-refractivity contribution in [3.8, 4) is 0 Å². The molecule has 0 fully saturated rings. The molecule has 1 aromatic rings. The maximum atomic E-state index is 11.6. The molecule has 1 rings (SSSR count). The van der Waals surface area contributed by atoms with Crippen LogP contribution in [-0.2, 0) is 16.0 Å². The van der Waals surface area contributed by atoms with E-state index >= 15 is 0 Å². The molecule has 116 valence electrons. The minimum Gasteiger partial charge on any atom is -0.480 e. The molecule has 1 heterocycles. The molecule has 0 bridgehead atoms. The lowest BCUT2D eigenvalue weighted by Gasteiger charge is -2.22. The second-order valence-corrected chi connectivity index (χ2v) is 5.68. The van der Waals surface area contributed by atoms with Crippen molar-refractivity contribution >= 4 is 12.1 Å². The number of aromatic nitrogens is 2. The zero-order chi connectivity index (χ0) is 15.9. The summed E-state index contributed by atoms with van der Waals surface area (Å²) in [6, 6.07) is -0.968. The number of carbonyl (C=O) groups excluding carboxylic acids is 1. The Morgan fingerprint density at radius 2 is 1.95 bits per heavy atom. The maximum absolute atomic E-state index is 11.6. The molecule has 1 amide bonds. The van der Waals surface area contributed by atoms with Gasteiger partial charge in [-0.25, -0.2) is 19.6 Å². The second kappa shape index (κ2) is 7.56.